The highest BCUT2D eigenvalue weighted by molar-refractivity contribution is 6.30. The molecule has 0 bridgehead atoms. The molecule has 3 atom stereocenters. The molecule has 4 rings (SSSR count). The second kappa shape index (κ2) is 8.51. The Morgan fingerprint density at radius 1 is 1.22 bits per heavy atom. The van der Waals surface area contributed by atoms with Gasteiger partial charge in [0.05, 0.1) is 13.2 Å². The van der Waals surface area contributed by atoms with E-state index in [0.717, 1.165) is 42.4 Å². The van der Waals surface area contributed by atoms with Gasteiger partial charge in [0.25, 0.3) is 0 Å². The summed E-state index contributed by atoms with van der Waals surface area (Å²) in [5.41, 5.74) is 2.23. The Kier molecular flexibility index (Phi) is 6.30. The number of carbonyl (C=O) groups is 1. The Morgan fingerprint density at radius 2 is 2.04 bits per heavy atom. The molecule has 0 radical (unpaired) electrons. The maximum atomic E-state index is 13.2. The van der Waals surface area contributed by atoms with Crippen molar-refractivity contribution in [2.45, 2.75) is 18.4 Å². The molecule has 27 heavy (non-hydrogen) atoms. The second-order valence-electron chi connectivity index (χ2n) is 7.00. The summed E-state index contributed by atoms with van der Waals surface area (Å²) in [6, 6.07) is 15.9. The van der Waals surface area contributed by atoms with Crippen molar-refractivity contribution in [3.63, 3.8) is 0 Å². The lowest BCUT2D eigenvalue weighted by molar-refractivity contribution is -0.136. The number of nitrogens with one attached hydrogen (secondary N) is 1. The van der Waals surface area contributed by atoms with Crippen LogP contribution in [-0.2, 0) is 4.79 Å². The van der Waals surface area contributed by atoms with Crippen LogP contribution in [0.4, 0.5) is 0 Å². The first kappa shape index (κ1) is 20.0. The van der Waals surface area contributed by atoms with Crippen molar-refractivity contribution in [2.75, 3.05) is 26.7 Å². The van der Waals surface area contributed by atoms with Crippen molar-refractivity contribution in [3.05, 3.63) is 64.7 Å². The van der Waals surface area contributed by atoms with Gasteiger partial charge in [-0.2, -0.15) is 0 Å². The zero-order valence-electron chi connectivity index (χ0n) is 15.2. The first-order chi connectivity index (χ1) is 12.7. The zero-order valence-corrected chi connectivity index (χ0v) is 16.8. The van der Waals surface area contributed by atoms with Crippen LogP contribution in [0.25, 0.3) is 0 Å². The fourth-order valence-electron chi connectivity index (χ4n) is 3.97. The number of rotatable bonds is 4. The molecule has 1 saturated heterocycles. The molecule has 2 fully saturated rings. The minimum Gasteiger partial charge on any atom is -0.496 e. The van der Waals surface area contributed by atoms with E-state index < -0.39 is 0 Å². The third kappa shape index (κ3) is 4.08. The number of para-hydroxylation sites is 1. The lowest BCUT2D eigenvalue weighted by Crippen LogP contribution is -2.49. The van der Waals surface area contributed by atoms with Crippen LogP contribution in [0.2, 0.25) is 5.02 Å². The fraction of sp³-hybridized carbons (Fsp3) is 0.381. The van der Waals surface area contributed by atoms with E-state index in [4.69, 9.17) is 16.3 Å². The number of ether oxygens (including phenoxy) is 1. The van der Waals surface area contributed by atoms with Gasteiger partial charge in [-0.05, 0) is 36.1 Å². The van der Waals surface area contributed by atoms with Crippen LogP contribution in [-0.4, -0.2) is 37.6 Å². The average Bonchev–Trinajstić information content (AvgIpc) is 3.48. The highest BCUT2D eigenvalue weighted by Crippen LogP contribution is 2.49. The summed E-state index contributed by atoms with van der Waals surface area (Å²) < 4.78 is 5.53. The monoisotopic (exact) mass is 406 g/mol. The molecule has 1 amide bonds. The van der Waals surface area contributed by atoms with Gasteiger partial charge in [-0.15, -0.1) is 12.4 Å². The molecule has 1 N–H and O–H groups in total. The number of piperazine rings is 1. The van der Waals surface area contributed by atoms with Crippen molar-refractivity contribution < 1.29 is 9.53 Å². The fourth-order valence-corrected chi connectivity index (χ4v) is 4.17. The molecule has 1 heterocycles. The van der Waals surface area contributed by atoms with Gasteiger partial charge in [-0.3, -0.25) is 4.79 Å². The van der Waals surface area contributed by atoms with Crippen molar-refractivity contribution in [1.82, 2.24) is 10.2 Å². The van der Waals surface area contributed by atoms with Crippen molar-refractivity contribution in [3.8, 4) is 5.75 Å². The number of amides is 1. The second-order valence-corrected chi connectivity index (χ2v) is 7.43. The van der Waals surface area contributed by atoms with Crippen LogP contribution in [0.5, 0.6) is 5.75 Å². The topological polar surface area (TPSA) is 41.6 Å². The van der Waals surface area contributed by atoms with Crippen molar-refractivity contribution >= 4 is 29.9 Å². The van der Waals surface area contributed by atoms with Gasteiger partial charge in [0.1, 0.15) is 5.75 Å². The minimum atomic E-state index is 0. The Morgan fingerprint density at radius 3 is 2.81 bits per heavy atom. The van der Waals surface area contributed by atoms with E-state index in [1.165, 1.54) is 5.56 Å². The SMILES string of the molecule is COc1ccccc1C1CNCCN1C(=O)C1CC1c1cccc(Cl)c1.Cl. The molecular formula is C21H24Cl2N2O2. The number of carbonyl (C=O) groups excluding carboxylic acids is 1. The smallest absolute Gasteiger partial charge is 0.226 e. The van der Waals surface area contributed by atoms with Crippen LogP contribution in [0.1, 0.15) is 29.5 Å². The summed E-state index contributed by atoms with van der Waals surface area (Å²) in [6.07, 6.45) is 0.905. The number of hydrogen-bond donors (Lipinski definition) is 1. The predicted molar refractivity (Wildman–Crippen MR) is 110 cm³/mol. The van der Waals surface area contributed by atoms with Crippen LogP contribution in [0, 0.1) is 5.92 Å². The standard InChI is InChI=1S/C21H23ClN2O2.ClH/c1-26-20-8-3-2-7-16(20)19-13-23-9-10-24(19)21(25)18-12-17(18)14-5-4-6-15(22)11-14;/h2-8,11,17-19,23H,9-10,12-13H2,1H3;1H. The van der Waals surface area contributed by atoms with Gasteiger partial charge >= 0.3 is 0 Å². The molecule has 1 aliphatic carbocycles. The molecule has 0 aromatic heterocycles. The molecule has 2 aliphatic rings. The first-order valence-corrected chi connectivity index (χ1v) is 9.46. The molecular weight excluding hydrogens is 383 g/mol. The molecule has 1 aliphatic heterocycles. The minimum absolute atomic E-state index is 0. The summed E-state index contributed by atoms with van der Waals surface area (Å²) >= 11 is 6.11. The molecule has 3 unspecified atom stereocenters. The number of methoxy groups -OCH3 is 1. The Balaban J connectivity index is 0.00000210. The van der Waals surface area contributed by atoms with E-state index >= 15 is 0 Å². The van der Waals surface area contributed by atoms with Crippen molar-refractivity contribution in [1.29, 1.82) is 0 Å². The number of benzene rings is 2. The lowest BCUT2D eigenvalue weighted by Gasteiger charge is -2.37. The van der Waals surface area contributed by atoms with E-state index in [1.54, 1.807) is 7.11 Å². The van der Waals surface area contributed by atoms with Crippen LogP contribution in [0.15, 0.2) is 48.5 Å². The lowest BCUT2D eigenvalue weighted by atomic mass is 10.0. The van der Waals surface area contributed by atoms with E-state index in [9.17, 15) is 4.79 Å². The van der Waals surface area contributed by atoms with Crippen LogP contribution in [0.3, 0.4) is 0 Å². The number of nitrogens with zero attached hydrogens (tertiary/aromatic N) is 1. The van der Waals surface area contributed by atoms with Gasteiger partial charge in [-0.1, -0.05) is 41.9 Å². The van der Waals surface area contributed by atoms with E-state index in [0.29, 0.717) is 0 Å². The molecule has 144 valence electrons. The summed E-state index contributed by atoms with van der Waals surface area (Å²) in [7, 11) is 1.68. The third-order valence-electron chi connectivity index (χ3n) is 5.41. The molecule has 2 aromatic carbocycles. The Bertz CT molecular complexity index is 814. The zero-order chi connectivity index (χ0) is 18.1. The maximum absolute atomic E-state index is 13.2. The Labute approximate surface area is 171 Å². The van der Waals surface area contributed by atoms with E-state index in [-0.39, 0.29) is 36.2 Å². The number of halogens is 2. The molecule has 1 saturated carbocycles. The quantitative estimate of drug-likeness (QED) is 0.832. The predicted octanol–water partition coefficient (Wildman–Crippen LogP) is 4.05. The maximum Gasteiger partial charge on any atom is 0.226 e. The highest BCUT2D eigenvalue weighted by atomic mass is 35.5. The largest absolute Gasteiger partial charge is 0.496 e. The number of hydrogen-bond acceptors (Lipinski definition) is 3. The highest BCUT2D eigenvalue weighted by Gasteiger charge is 2.47. The molecule has 2 aromatic rings. The summed E-state index contributed by atoms with van der Waals surface area (Å²) in [6.45, 7) is 2.30. The summed E-state index contributed by atoms with van der Waals surface area (Å²) in [4.78, 5) is 15.3. The average molecular weight is 407 g/mol. The van der Waals surface area contributed by atoms with Gasteiger partial charge in [-0.25, -0.2) is 0 Å². The van der Waals surface area contributed by atoms with Gasteiger partial charge in [0, 0.05) is 36.1 Å². The van der Waals surface area contributed by atoms with Gasteiger partial charge in [0.2, 0.25) is 5.91 Å². The van der Waals surface area contributed by atoms with Crippen LogP contribution >= 0.6 is 24.0 Å². The first-order valence-electron chi connectivity index (χ1n) is 9.08. The normalized spacial score (nSPS) is 24.1. The molecule has 0 spiro atoms. The van der Waals surface area contributed by atoms with E-state index in [1.807, 2.05) is 41.3 Å². The summed E-state index contributed by atoms with van der Waals surface area (Å²) in [5, 5.41) is 4.14. The Hall–Kier alpha value is -1.75. The van der Waals surface area contributed by atoms with Crippen molar-refractivity contribution in [2.24, 2.45) is 5.92 Å². The molecule has 4 nitrogen and oxygen atoms in total. The van der Waals surface area contributed by atoms with Gasteiger partial charge in [0.15, 0.2) is 0 Å². The summed E-state index contributed by atoms with van der Waals surface area (Å²) in [5.74, 6) is 1.42. The molecule has 6 heteroatoms. The van der Waals surface area contributed by atoms with Gasteiger partial charge < -0.3 is 15.0 Å². The van der Waals surface area contributed by atoms with E-state index in [2.05, 4.69) is 17.4 Å². The third-order valence-corrected chi connectivity index (χ3v) is 5.64. The van der Waals surface area contributed by atoms with Crippen LogP contribution < -0.4 is 10.1 Å².